The lowest BCUT2D eigenvalue weighted by molar-refractivity contribution is 0.255. The quantitative estimate of drug-likeness (QED) is 0.674. The van der Waals surface area contributed by atoms with Crippen molar-refractivity contribution in [2.45, 2.75) is 30.9 Å². The molecule has 2 N–H and O–H groups in total. The largest absolute Gasteiger partial charge is 0.489 e. The number of nitrogens with one attached hydrogen (secondary N) is 2. The Balaban J connectivity index is 1.52. The van der Waals surface area contributed by atoms with Crippen molar-refractivity contribution in [1.82, 2.24) is 14.7 Å². The first-order valence-corrected chi connectivity index (χ1v) is 10.7. The molecule has 0 saturated carbocycles. The molecule has 1 atom stereocenters. The van der Waals surface area contributed by atoms with Crippen molar-refractivity contribution in [2.24, 2.45) is 0 Å². The summed E-state index contributed by atoms with van der Waals surface area (Å²) in [7, 11) is -3.71. The molecule has 0 fully saturated rings. The van der Waals surface area contributed by atoms with Crippen molar-refractivity contribution >= 4 is 33.0 Å². The Morgan fingerprint density at radius 1 is 1.46 bits per heavy atom. The van der Waals surface area contributed by atoms with Crippen molar-refractivity contribution in [3.63, 3.8) is 0 Å². The smallest absolute Gasteiger partial charge is 0.241 e. The number of imidazole rings is 1. The van der Waals surface area contributed by atoms with Gasteiger partial charge in [0.15, 0.2) is 0 Å². The third-order valence-electron chi connectivity index (χ3n) is 4.08. The van der Waals surface area contributed by atoms with Crippen LogP contribution in [0.15, 0.2) is 40.7 Å². The van der Waals surface area contributed by atoms with E-state index in [1.165, 1.54) is 6.07 Å². The summed E-state index contributed by atoms with van der Waals surface area (Å²) >= 11 is 7.78. The molecule has 3 aromatic rings. The number of H-pyrrole nitrogens is 1. The Kier molecular flexibility index (Phi) is 4.52. The molecule has 9 heteroatoms. The third-order valence-corrected chi connectivity index (χ3v) is 6.64. The first-order chi connectivity index (χ1) is 12.4. The number of hydrogen-bond acceptors (Lipinski definition) is 5. The number of halogens is 1. The molecule has 1 aliphatic rings. The van der Waals surface area contributed by atoms with Gasteiger partial charge in [0.05, 0.1) is 33.2 Å². The zero-order valence-electron chi connectivity index (χ0n) is 13.8. The highest BCUT2D eigenvalue weighted by atomic mass is 35.5. The van der Waals surface area contributed by atoms with Gasteiger partial charge in [0.2, 0.25) is 10.0 Å². The first-order valence-electron chi connectivity index (χ1n) is 7.99. The van der Waals surface area contributed by atoms with Crippen LogP contribution in [0, 0.1) is 0 Å². The number of benzene rings is 1. The standard InChI is InChI=1S/C17H16ClN3O3S2/c1-10-5-11-6-12(7-13(18)17(11)24-10)26(22,23)20-9-16-19-8-14(21-16)15-3-2-4-25-15/h2-4,6-8,10,20H,5,9H2,1H3,(H,19,21). The molecule has 0 radical (unpaired) electrons. The van der Waals surface area contributed by atoms with Crippen LogP contribution in [0.1, 0.15) is 18.3 Å². The van der Waals surface area contributed by atoms with Gasteiger partial charge in [0.1, 0.15) is 17.7 Å². The molecule has 6 nitrogen and oxygen atoms in total. The van der Waals surface area contributed by atoms with Crippen molar-refractivity contribution in [2.75, 3.05) is 0 Å². The predicted molar refractivity (Wildman–Crippen MR) is 101 cm³/mol. The van der Waals surface area contributed by atoms with Gasteiger partial charge in [-0.05, 0) is 30.5 Å². The average Bonchev–Trinajstić information content (AvgIpc) is 3.32. The van der Waals surface area contributed by atoms with E-state index in [0.29, 0.717) is 23.0 Å². The lowest BCUT2D eigenvalue weighted by Gasteiger charge is -2.09. The number of nitrogens with zero attached hydrogens (tertiary/aromatic N) is 1. The maximum absolute atomic E-state index is 12.6. The summed E-state index contributed by atoms with van der Waals surface area (Å²) < 4.78 is 33.4. The minimum atomic E-state index is -3.71. The topological polar surface area (TPSA) is 84.1 Å². The lowest BCUT2D eigenvalue weighted by atomic mass is 10.1. The molecule has 4 rings (SSSR count). The van der Waals surface area contributed by atoms with Gasteiger partial charge in [-0.2, -0.15) is 0 Å². The van der Waals surface area contributed by atoms with Crippen molar-refractivity contribution in [1.29, 1.82) is 0 Å². The number of sulfonamides is 1. The van der Waals surface area contributed by atoms with E-state index in [2.05, 4.69) is 14.7 Å². The number of thiophene rings is 1. The summed E-state index contributed by atoms with van der Waals surface area (Å²) in [5, 5.41) is 2.28. The average molecular weight is 410 g/mol. The summed E-state index contributed by atoms with van der Waals surface area (Å²) in [6.07, 6.45) is 2.33. The van der Waals surface area contributed by atoms with Crippen LogP contribution in [-0.2, 0) is 23.0 Å². The minimum absolute atomic E-state index is 0.00722. The summed E-state index contributed by atoms with van der Waals surface area (Å²) in [5.41, 5.74) is 1.67. The maximum atomic E-state index is 12.6. The Morgan fingerprint density at radius 2 is 2.31 bits per heavy atom. The maximum Gasteiger partial charge on any atom is 0.241 e. The second kappa shape index (κ2) is 6.70. The molecular formula is C17H16ClN3O3S2. The lowest BCUT2D eigenvalue weighted by Crippen LogP contribution is -2.24. The fourth-order valence-corrected chi connectivity index (χ4v) is 4.97. The van der Waals surface area contributed by atoms with Crippen molar-refractivity contribution < 1.29 is 13.2 Å². The van der Waals surface area contributed by atoms with E-state index in [-0.39, 0.29) is 17.5 Å². The monoisotopic (exact) mass is 409 g/mol. The van der Waals surface area contributed by atoms with E-state index >= 15 is 0 Å². The fraction of sp³-hybridized carbons (Fsp3) is 0.235. The Labute approximate surface area is 160 Å². The van der Waals surface area contributed by atoms with Gasteiger partial charge in [-0.15, -0.1) is 11.3 Å². The molecule has 3 heterocycles. The molecule has 1 aromatic carbocycles. The zero-order chi connectivity index (χ0) is 18.3. The molecule has 136 valence electrons. The molecule has 26 heavy (non-hydrogen) atoms. The minimum Gasteiger partial charge on any atom is -0.489 e. The van der Waals surface area contributed by atoms with Crippen LogP contribution in [0.5, 0.6) is 5.75 Å². The highest BCUT2D eigenvalue weighted by Gasteiger charge is 2.26. The molecule has 0 saturated heterocycles. The molecule has 0 spiro atoms. The molecule has 0 bridgehead atoms. The summed E-state index contributed by atoms with van der Waals surface area (Å²) in [6.45, 7) is 1.99. The summed E-state index contributed by atoms with van der Waals surface area (Å²) in [5.74, 6) is 1.12. The highest BCUT2D eigenvalue weighted by molar-refractivity contribution is 7.89. The Hall–Kier alpha value is -1.87. The van der Waals surface area contributed by atoms with E-state index in [1.54, 1.807) is 23.6 Å². The van der Waals surface area contributed by atoms with Gasteiger partial charge in [0, 0.05) is 12.0 Å². The van der Waals surface area contributed by atoms with E-state index in [1.807, 2.05) is 24.4 Å². The van der Waals surface area contributed by atoms with E-state index < -0.39 is 10.0 Å². The Morgan fingerprint density at radius 3 is 3.08 bits per heavy atom. The number of fused-ring (bicyclic) bond motifs is 1. The fourth-order valence-electron chi connectivity index (χ4n) is 2.87. The molecule has 0 aliphatic carbocycles. The highest BCUT2D eigenvalue weighted by Crippen LogP contribution is 2.38. The number of aromatic amines is 1. The van der Waals surface area contributed by atoms with E-state index in [0.717, 1.165) is 16.1 Å². The molecule has 1 aliphatic heterocycles. The molecule has 1 unspecified atom stereocenters. The summed E-state index contributed by atoms with van der Waals surface area (Å²) in [6, 6.07) is 6.96. The van der Waals surface area contributed by atoms with Gasteiger partial charge >= 0.3 is 0 Å². The normalized spacial score (nSPS) is 16.5. The SMILES string of the molecule is CC1Cc2cc(S(=O)(=O)NCc3ncc(-c4cccs4)[nH]3)cc(Cl)c2O1. The number of hydrogen-bond donors (Lipinski definition) is 2. The molecular weight excluding hydrogens is 394 g/mol. The third kappa shape index (κ3) is 3.37. The van der Waals surface area contributed by atoms with Crippen LogP contribution in [0.2, 0.25) is 5.02 Å². The number of aromatic nitrogens is 2. The van der Waals surface area contributed by atoms with Gasteiger partial charge in [-0.1, -0.05) is 17.7 Å². The zero-order valence-corrected chi connectivity index (χ0v) is 16.2. The van der Waals surface area contributed by atoms with Crippen LogP contribution < -0.4 is 9.46 Å². The van der Waals surface area contributed by atoms with Crippen LogP contribution in [0.4, 0.5) is 0 Å². The van der Waals surface area contributed by atoms with E-state index in [4.69, 9.17) is 16.3 Å². The van der Waals surface area contributed by atoms with Gasteiger partial charge in [-0.25, -0.2) is 18.1 Å². The van der Waals surface area contributed by atoms with Crippen LogP contribution in [0.3, 0.4) is 0 Å². The van der Waals surface area contributed by atoms with Crippen LogP contribution in [0.25, 0.3) is 10.6 Å². The van der Waals surface area contributed by atoms with Gasteiger partial charge in [0.25, 0.3) is 0 Å². The predicted octanol–water partition coefficient (Wildman–Crippen LogP) is 3.59. The summed E-state index contributed by atoms with van der Waals surface area (Å²) in [4.78, 5) is 8.53. The van der Waals surface area contributed by atoms with Gasteiger partial charge < -0.3 is 9.72 Å². The molecule has 2 aromatic heterocycles. The van der Waals surface area contributed by atoms with E-state index in [9.17, 15) is 8.42 Å². The van der Waals surface area contributed by atoms with Crippen molar-refractivity contribution in [3.8, 4) is 16.3 Å². The molecule has 0 amide bonds. The van der Waals surface area contributed by atoms with Crippen molar-refractivity contribution in [3.05, 3.63) is 52.3 Å². The van der Waals surface area contributed by atoms with Crippen LogP contribution >= 0.6 is 22.9 Å². The second-order valence-corrected chi connectivity index (χ2v) is 9.19. The van der Waals surface area contributed by atoms with Crippen LogP contribution in [-0.4, -0.2) is 24.5 Å². The number of rotatable bonds is 5. The van der Waals surface area contributed by atoms with Gasteiger partial charge in [-0.3, -0.25) is 0 Å². The number of ether oxygens (including phenoxy) is 1. The first kappa shape index (κ1) is 17.5. The second-order valence-electron chi connectivity index (χ2n) is 6.07. The Bertz CT molecular complexity index is 1050.